The largest absolute Gasteiger partial charge is 0.396 e. The molecule has 0 bridgehead atoms. The Morgan fingerprint density at radius 1 is 1.07 bits per heavy atom. The van der Waals surface area contributed by atoms with Crippen molar-refractivity contribution in [3.05, 3.63) is 6.42 Å². The highest BCUT2D eigenvalue weighted by atomic mass is 16.2. The normalized spacial score (nSPS) is 12.0. The first-order valence-corrected chi connectivity index (χ1v) is 6.07. The van der Waals surface area contributed by atoms with Crippen LogP contribution in [0.4, 0.5) is 0 Å². The van der Waals surface area contributed by atoms with Crippen molar-refractivity contribution < 1.29 is 5.11 Å². The number of aliphatic hydroxyl groups is 1. The van der Waals surface area contributed by atoms with Crippen LogP contribution < -0.4 is 0 Å². The Hall–Kier alpha value is -0.0400. The lowest BCUT2D eigenvalue weighted by atomic mass is 9.82. The second kappa shape index (κ2) is 8.28. The summed E-state index contributed by atoms with van der Waals surface area (Å²) in [6, 6.07) is 0. The van der Waals surface area contributed by atoms with Crippen molar-refractivity contribution in [2.75, 3.05) is 6.61 Å². The van der Waals surface area contributed by atoms with Gasteiger partial charge in [-0.3, -0.25) is 0 Å². The Bertz CT molecular complexity index is 118. The first kappa shape index (κ1) is 14.0. The fourth-order valence-corrected chi connectivity index (χ4v) is 1.70. The minimum atomic E-state index is 0.314. The van der Waals surface area contributed by atoms with E-state index in [-0.39, 0.29) is 0 Å². The highest BCUT2D eigenvalue weighted by Gasteiger charge is 2.16. The lowest BCUT2D eigenvalue weighted by Gasteiger charge is -2.23. The van der Waals surface area contributed by atoms with Crippen LogP contribution in [-0.2, 0) is 0 Å². The number of hydrogen-bond acceptors (Lipinski definition) is 1. The molecule has 0 aliphatic rings. The van der Waals surface area contributed by atoms with Crippen LogP contribution >= 0.6 is 0 Å². The molecule has 0 rings (SSSR count). The van der Waals surface area contributed by atoms with Gasteiger partial charge in [0.1, 0.15) is 0 Å². The average molecular weight is 199 g/mol. The Morgan fingerprint density at radius 2 is 1.79 bits per heavy atom. The molecule has 0 fully saturated rings. The first-order valence-electron chi connectivity index (χ1n) is 6.07. The molecule has 0 unspecified atom stereocenters. The van der Waals surface area contributed by atoms with Gasteiger partial charge < -0.3 is 5.11 Å². The standard InChI is InChI=1S/C13H27O/c1-4-5-6-7-8-10-13(2,3)11-9-12-14/h10,14H,4-9,11-12H2,1-3H3. The van der Waals surface area contributed by atoms with Gasteiger partial charge in [-0.15, -0.1) is 0 Å². The summed E-state index contributed by atoms with van der Waals surface area (Å²) in [7, 11) is 0. The molecule has 0 aromatic heterocycles. The van der Waals surface area contributed by atoms with Gasteiger partial charge in [-0.2, -0.15) is 0 Å². The van der Waals surface area contributed by atoms with Gasteiger partial charge in [-0.1, -0.05) is 46.5 Å². The zero-order valence-corrected chi connectivity index (χ0v) is 10.2. The van der Waals surface area contributed by atoms with Gasteiger partial charge in [0.05, 0.1) is 0 Å². The minimum absolute atomic E-state index is 0.314. The molecule has 85 valence electrons. The number of rotatable bonds is 9. The molecule has 0 amide bonds. The fraction of sp³-hybridized carbons (Fsp3) is 0.923. The lowest BCUT2D eigenvalue weighted by Crippen LogP contribution is -2.12. The molecule has 0 atom stereocenters. The van der Waals surface area contributed by atoms with Crippen LogP contribution in [-0.4, -0.2) is 11.7 Å². The molecular formula is C13H27O. The first-order chi connectivity index (χ1) is 6.62. The van der Waals surface area contributed by atoms with Crippen LogP contribution in [0.5, 0.6) is 0 Å². The quantitative estimate of drug-likeness (QED) is 0.557. The van der Waals surface area contributed by atoms with E-state index >= 15 is 0 Å². The maximum Gasteiger partial charge on any atom is 0.0431 e. The predicted molar refractivity (Wildman–Crippen MR) is 63.2 cm³/mol. The van der Waals surface area contributed by atoms with Crippen molar-refractivity contribution in [2.24, 2.45) is 5.41 Å². The van der Waals surface area contributed by atoms with Gasteiger partial charge in [0.25, 0.3) is 0 Å². The number of unbranched alkanes of at least 4 members (excludes halogenated alkanes) is 4. The summed E-state index contributed by atoms with van der Waals surface area (Å²) in [5, 5.41) is 8.76. The van der Waals surface area contributed by atoms with Crippen LogP contribution in [0.2, 0.25) is 0 Å². The highest BCUT2D eigenvalue weighted by Crippen LogP contribution is 2.28. The summed E-state index contributed by atoms with van der Waals surface area (Å²) in [6.45, 7) is 7.10. The number of aliphatic hydroxyl groups excluding tert-OH is 1. The number of hydrogen-bond donors (Lipinski definition) is 1. The van der Waals surface area contributed by atoms with Crippen LogP contribution in [0.3, 0.4) is 0 Å². The smallest absolute Gasteiger partial charge is 0.0431 e. The Kier molecular flexibility index (Phi) is 8.26. The third kappa shape index (κ3) is 8.55. The fourth-order valence-electron chi connectivity index (χ4n) is 1.70. The summed E-state index contributed by atoms with van der Waals surface area (Å²) in [5.74, 6) is 0. The van der Waals surface area contributed by atoms with Crippen molar-refractivity contribution in [3.63, 3.8) is 0 Å². The Balaban J connectivity index is 3.35. The zero-order chi connectivity index (χ0) is 10.9. The summed E-state index contributed by atoms with van der Waals surface area (Å²) >= 11 is 0. The van der Waals surface area contributed by atoms with E-state index in [1.54, 1.807) is 0 Å². The van der Waals surface area contributed by atoms with Crippen LogP contribution in [0, 0.1) is 11.8 Å². The average Bonchev–Trinajstić information content (AvgIpc) is 2.15. The molecule has 0 saturated carbocycles. The molecule has 0 aliphatic heterocycles. The predicted octanol–water partition coefficient (Wildman–Crippen LogP) is 3.96. The second-order valence-corrected chi connectivity index (χ2v) is 4.87. The molecule has 1 N–H and O–H groups in total. The van der Waals surface area contributed by atoms with E-state index in [0.29, 0.717) is 12.0 Å². The van der Waals surface area contributed by atoms with Crippen molar-refractivity contribution in [1.82, 2.24) is 0 Å². The van der Waals surface area contributed by atoms with E-state index in [1.807, 2.05) is 0 Å². The molecule has 0 heterocycles. The highest BCUT2D eigenvalue weighted by molar-refractivity contribution is 4.84. The van der Waals surface area contributed by atoms with Crippen LogP contribution in [0.25, 0.3) is 0 Å². The molecule has 0 aromatic rings. The third-order valence-corrected chi connectivity index (χ3v) is 2.73. The summed E-state index contributed by atoms with van der Waals surface area (Å²) in [5.41, 5.74) is 0.314. The van der Waals surface area contributed by atoms with Gasteiger partial charge in [-0.25, -0.2) is 0 Å². The molecular weight excluding hydrogens is 172 g/mol. The van der Waals surface area contributed by atoms with E-state index in [0.717, 1.165) is 12.8 Å². The van der Waals surface area contributed by atoms with E-state index in [1.165, 1.54) is 32.1 Å². The molecule has 1 radical (unpaired) electrons. The van der Waals surface area contributed by atoms with Gasteiger partial charge in [0, 0.05) is 6.61 Å². The van der Waals surface area contributed by atoms with E-state index in [2.05, 4.69) is 27.2 Å². The summed E-state index contributed by atoms with van der Waals surface area (Å²) in [4.78, 5) is 0. The third-order valence-electron chi connectivity index (χ3n) is 2.73. The van der Waals surface area contributed by atoms with Crippen molar-refractivity contribution in [1.29, 1.82) is 0 Å². The lowest BCUT2D eigenvalue weighted by molar-refractivity contribution is 0.254. The molecule has 0 aliphatic carbocycles. The SMILES string of the molecule is CCCCCC[CH]C(C)(C)CCCO. The summed E-state index contributed by atoms with van der Waals surface area (Å²) < 4.78 is 0. The van der Waals surface area contributed by atoms with Gasteiger partial charge in [0.15, 0.2) is 0 Å². The zero-order valence-electron chi connectivity index (χ0n) is 10.2. The van der Waals surface area contributed by atoms with Gasteiger partial charge in [0.2, 0.25) is 0 Å². The molecule has 0 saturated heterocycles. The van der Waals surface area contributed by atoms with Crippen molar-refractivity contribution in [2.45, 2.75) is 65.7 Å². The molecule has 1 nitrogen and oxygen atoms in total. The maximum absolute atomic E-state index is 8.76. The topological polar surface area (TPSA) is 20.2 Å². The molecule has 1 heteroatoms. The van der Waals surface area contributed by atoms with E-state index in [4.69, 9.17) is 5.11 Å². The maximum atomic E-state index is 8.76. The molecule has 0 spiro atoms. The molecule has 0 aromatic carbocycles. The van der Waals surface area contributed by atoms with Crippen LogP contribution in [0.1, 0.15) is 65.7 Å². The second-order valence-electron chi connectivity index (χ2n) is 4.87. The van der Waals surface area contributed by atoms with E-state index < -0.39 is 0 Å². The minimum Gasteiger partial charge on any atom is -0.396 e. The van der Waals surface area contributed by atoms with Crippen molar-refractivity contribution in [3.8, 4) is 0 Å². The van der Waals surface area contributed by atoms with Gasteiger partial charge >= 0.3 is 0 Å². The monoisotopic (exact) mass is 199 g/mol. The Morgan fingerprint density at radius 3 is 2.36 bits per heavy atom. The molecule has 14 heavy (non-hydrogen) atoms. The summed E-state index contributed by atoms with van der Waals surface area (Å²) in [6.07, 6.45) is 11.1. The van der Waals surface area contributed by atoms with E-state index in [9.17, 15) is 0 Å². The van der Waals surface area contributed by atoms with Crippen molar-refractivity contribution >= 4 is 0 Å². The Labute approximate surface area is 89.9 Å². The van der Waals surface area contributed by atoms with Crippen LogP contribution in [0.15, 0.2) is 0 Å². The van der Waals surface area contributed by atoms with Gasteiger partial charge in [-0.05, 0) is 31.1 Å².